The summed E-state index contributed by atoms with van der Waals surface area (Å²) in [6.45, 7) is 5.85. The van der Waals surface area contributed by atoms with Crippen molar-refractivity contribution >= 4 is 49.8 Å². The van der Waals surface area contributed by atoms with Gasteiger partial charge in [-0.1, -0.05) is 6.92 Å². The van der Waals surface area contributed by atoms with Crippen LogP contribution in [-0.2, 0) is 28.9 Å². The number of carbonyl (C=O) groups is 2. The third-order valence-corrected chi connectivity index (χ3v) is 7.91. The van der Waals surface area contributed by atoms with Crippen molar-refractivity contribution in [1.29, 1.82) is 0 Å². The van der Waals surface area contributed by atoms with E-state index in [0.29, 0.717) is 26.7 Å². The van der Waals surface area contributed by atoms with Crippen LogP contribution in [0.5, 0.6) is 0 Å². The molecule has 0 unspecified atom stereocenters. The largest absolute Gasteiger partial charge is 0.465 e. The second kappa shape index (κ2) is 7.96. The molecule has 0 fully saturated rings. The Kier molecular flexibility index (Phi) is 5.50. The van der Waals surface area contributed by atoms with E-state index in [2.05, 4.69) is 17.2 Å². The number of nitrogens with one attached hydrogen (secondary N) is 1. The van der Waals surface area contributed by atoms with E-state index >= 15 is 0 Å². The van der Waals surface area contributed by atoms with E-state index in [1.807, 2.05) is 13.8 Å². The lowest BCUT2D eigenvalue weighted by Gasteiger charge is -2.18. The number of methoxy groups -OCH3 is 1. The van der Waals surface area contributed by atoms with E-state index in [0.717, 1.165) is 40.1 Å². The Hall–Kier alpha value is -2.52. The Labute approximate surface area is 181 Å². The molecule has 3 heterocycles. The molecular formula is C21H23N3O4S2. The summed E-state index contributed by atoms with van der Waals surface area (Å²) in [6.07, 6.45) is 4.09. The highest BCUT2D eigenvalue weighted by Crippen LogP contribution is 2.40. The van der Waals surface area contributed by atoms with Gasteiger partial charge in [0.25, 0.3) is 5.56 Å². The predicted octanol–water partition coefficient (Wildman–Crippen LogP) is 3.69. The first-order valence-electron chi connectivity index (χ1n) is 9.78. The molecule has 4 rings (SSSR count). The molecule has 0 aromatic carbocycles. The van der Waals surface area contributed by atoms with Crippen LogP contribution in [0, 0.1) is 19.8 Å². The van der Waals surface area contributed by atoms with E-state index in [9.17, 15) is 14.4 Å². The maximum atomic E-state index is 12.8. The fourth-order valence-corrected chi connectivity index (χ4v) is 6.26. The number of ether oxygens (including phenoxy) is 1. The number of thiophene rings is 2. The number of fused-ring (bicyclic) bond motifs is 2. The summed E-state index contributed by atoms with van der Waals surface area (Å²) >= 11 is 2.90. The van der Waals surface area contributed by atoms with Crippen molar-refractivity contribution < 1.29 is 14.3 Å². The highest BCUT2D eigenvalue weighted by molar-refractivity contribution is 7.18. The van der Waals surface area contributed by atoms with Crippen LogP contribution in [-0.4, -0.2) is 28.5 Å². The lowest BCUT2D eigenvalue weighted by molar-refractivity contribution is -0.116. The topological polar surface area (TPSA) is 90.3 Å². The molecular weight excluding hydrogens is 422 g/mol. The Morgan fingerprint density at radius 3 is 2.83 bits per heavy atom. The van der Waals surface area contributed by atoms with Gasteiger partial charge in [-0.15, -0.1) is 22.7 Å². The van der Waals surface area contributed by atoms with Crippen molar-refractivity contribution in [2.75, 3.05) is 12.4 Å². The van der Waals surface area contributed by atoms with Crippen LogP contribution in [0.4, 0.5) is 5.00 Å². The third-order valence-electron chi connectivity index (χ3n) is 5.62. The van der Waals surface area contributed by atoms with Gasteiger partial charge in [0.1, 0.15) is 16.4 Å². The first kappa shape index (κ1) is 20.7. The molecule has 1 N–H and O–H groups in total. The van der Waals surface area contributed by atoms with E-state index in [1.54, 1.807) is 0 Å². The summed E-state index contributed by atoms with van der Waals surface area (Å²) in [7, 11) is 1.34. The molecule has 0 saturated carbocycles. The van der Waals surface area contributed by atoms with E-state index in [4.69, 9.17) is 4.74 Å². The summed E-state index contributed by atoms with van der Waals surface area (Å²) in [5, 5.41) is 3.89. The molecule has 0 radical (unpaired) electrons. The number of amides is 1. The summed E-state index contributed by atoms with van der Waals surface area (Å²) < 4.78 is 6.27. The molecule has 158 valence electrons. The minimum absolute atomic E-state index is 0.171. The molecule has 1 atom stereocenters. The average Bonchev–Trinajstić information content (AvgIpc) is 3.20. The van der Waals surface area contributed by atoms with Gasteiger partial charge in [0.05, 0.1) is 24.4 Å². The molecule has 7 nitrogen and oxygen atoms in total. The highest BCUT2D eigenvalue weighted by Gasteiger charge is 2.29. The van der Waals surface area contributed by atoms with Gasteiger partial charge in [-0.3, -0.25) is 14.2 Å². The summed E-state index contributed by atoms with van der Waals surface area (Å²) in [4.78, 5) is 45.2. The van der Waals surface area contributed by atoms with E-state index in [-0.39, 0.29) is 18.0 Å². The van der Waals surface area contributed by atoms with Gasteiger partial charge in [0.2, 0.25) is 5.91 Å². The number of aryl methyl sites for hydroxylation is 2. The molecule has 0 spiro atoms. The standard InChI is InChI=1S/C21H23N3O4S2/c1-10-5-6-13-14(7-10)30-19(17(13)21(27)28-4)23-15(25)8-24-9-22-18-16(20(24)26)11(2)12(3)29-18/h9-10H,5-8H2,1-4H3,(H,23,25)/t10-/m0/s1. The smallest absolute Gasteiger partial charge is 0.341 e. The van der Waals surface area contributed by atoms with Crippen molar-refractivity contribution in [3.05, 3.63) is 43.1 Å². The van der Waals surface area contributed by atoms with Gasteiger partial charge in [-0.25, -0.2) is 9.78 Å². The Morgan fingerprint density at radius 1 is 1.33 bits per heavy atom. The SMILES string of the molecule is COC(=O)c1c(NC(=O)Cn2cnc3sc(C)c(C)c3c2=O)sc2c1CC[C@H](C)C2. The lowest BCUT2D eigenvalue weighted by atomic mass is 9.88. The first-order chi connectivity index (χ1) is 14.3. The number of anilines is 1. The maximum absolute atomic E-state index is 12.8. The molecule has 1 aliphatic rings. The van der Waals surface area contributed by atoms with Gasteiger partial charge in [0.15, 0.2) is 0 Å². The fraction of sp³-hybridized carbons (Fsp3) is 0.429. The monoisotopic (exact) mass is 445 g/mol. The number of rotatable bonds is 4. The van der Waals surface area contributed by atoms with Crippen LogP contribution in [0.1, 0.15) is 44.6 Å². The van der Waals surface area contributed by atoms with Crippen LogP contribution in [0.2, 0.25) is 0 Å². The molecule has 0 saturated heterocycles. The Balaban J connectivity index is 1.63. The van der Waals surface area contributed by atoms with E-state index in [1.165, 1.54) is 40.7 Å². The quantitative estimate of drug-likeness (QED) is 0.619. The van der Waals surface area contributed by atoms with E-state index < -0.39 is 5.97 Å². The molecule has 30 heavy (non-hydrogen) atoms. The molecule has 0 aliphatic heterocycles. The van der Waals surface area contributed by atoms with Gasteiger partial charge in [0, 0.05) is 9.75 Å². The summed E-state index contributed by atoms with van der Waals surface area (Å²) in [5.74, 6) is -0.277. The number of esters is 1. The summed E-state index contributed by atoms with van der Waals surface area (Å²) in [5.41, 5.74) is 2.09. The van der Waals surface area contributed by atoms with Gasteiger partial charge in [-0.2, -0.15) is 0 Å². The zero-order valence-corrected chi connectivity index (χ0v) is 19.0. The highest BCUT2D eigenvalue weighted by atomic mass is 32.1. The molecule has 9 heteroatoms. The second-order valence-corrected chi connectivity index (χ2v) is 10.0. The van der Waals surface area contributed by atoms with Crippen molar-refractivity contribution in [3.63, 3.8) is 0 Å². The molecule has 3 aromatic rings. The number of hydrogen-bond donors (Lipinski definition) is 1. The number of carbonyl (C=O) groups excluding carboxylic acids is 2. The van der Waals surface area contributed by atoms with Crippen LogP contribution in [0.25, 0.3) is 10.2 Å². The molecule has 1 amide bonds. The lowest BCUT2D eigenvalue weighted by Crippen LogP contribution is -2.28. The Morgan fingerprint density at radius 2 is 2.10 bits per heavy atom. The van der Waals surface area contributed by atoms with Gasteiger partial charge >= 0.3 is 5.97 Å². The molecule has 0 bridgehead atoms. The second-order valence-electron chi connectivity index (χ2n) is 7.74. The van der Waals surface area contributed by atoms with Crippen LogP contribution in [0.3, 0.4) is 0 Å². The fourth-order valence-electron chi connectivity index (χ4n) is 3.86. The van der Waals surface area contributed by atoms with Crippen LogP contribution < -0.4 is 10.9 Å². The average molecular weight is 446 g/mol. The first-order valence-corrected chi connectivity index (χ1v) is 11.4. The zero-order chi connectivity index (χ0) is 21.6. The minimum atomic E-state index is -0.443. The van der Waals surface area contributed by atoms with Crippen molar-refractivity contribution in [2.24, 2.45) is 5.92 Å². The van der Waals surface area contributed by atoms with Crippen molar-refractivity contribution in [1.82, 2.24) is 9.55 Å². The van der Waals surface area contributed by atoms with Crippen molar-refractivity contribution in [2.45, 2.75) is 46.6 Å². The normalized spacial score (nSPS) is 15.8. The Bertz CT molecular complexity index is 1220. The third kappa shape index (κ3) is 3.56. The van der Waals surface area contributed by atoms with Crippen LogP contribution >= 0.6 is 22.7 Å². The molecule has 3 aromatic heterocycles. The van der Waals surface area contributed by atoms with Gasteiger partial charge in [-0.05, 0) is 50.2 Å². The number of nitrogens with zero attached hydrogens (tertiary/aromatic N) is 2. The molecule has 1 aliphatic carbocycles. The summed E-state index contributed by atoms with van der Waals surface area (Å²) in [6, 6.07) is 0. The maximum Gasteiger partial charge on any atom is 0.341 e. The van der Waals surface area contributed by atoms with Gasteiger partial charge < -0.3 is 10.1 Å². The number of hydrogen-bond acceptors (Lipinski definition) is 7. The predicted molar refractivity (Wildman–Crippen MR) is 119 cm³/mol. The number of aromatic nitrogens is 2. The minimum Gasteiger partial charge on any atom is -0.465 e. The van der Waals surface area contributed by atoms with Crippen molar-refractivity contribution in [3.8, 4) is 0 Å². The zero-order valence-electron chi connectivity index (χ0n) is 17.3. The van der Waals surface area contributed by atoms with Crippen LogP contribution in [0.15, 0.2) is 11.1 Å².